The number of alkyl halides is 2. The Morgan fingerprint density at radius 2 is 2.05 bits per heavy atom. The van der Waals surface area contributed by atoms with Crippen LogP contribution in [0.4, 0.5) is 8.78 Å². The van der Waals surface area contributed by atoms with Crippen molar-refractivity contribution >= 4 is 0 Å². The smallest absolute Gasteiger partial charge is 0.387 e. The number of benzene rings is 1. The number of aromatic amines is 1. The van der Waals surface area contributed by atoms with Crippen LogP contribution >= 0.6 is 0 Å². The summed E-state index contributed by atoms with van der Waals surface area (Å²) in [5.74, 6) is 0.166. The summed E-state index contributed by atoms with van der Waals surface area (Å²) in [6.07, 6.45) is 3.37. The Kier molecular flexibility index (Phi) is 4.46. The summed E-state index contributed by atoms with van der Waals surface area (Å²) in [6.45, 7) is -0.128. The van der Waals surface area contributed by atoms with E-state index >= 15 is 0 Å². The minimum absolute atomic E-state index is 0.101. The second-order valence-electron chi connectivity index (χ2n) is 4.13. The van der Waals surface area contributed by atoms with Gasteiger partial charge in [-0.15, -0.1) is 0 Å². The van der Waals surface area contributed by atoms with Crippen molar-refractivity contribution in [2.75, 3.05) is 0 Å². The Bertz CT molecular complexity index is 485. The van der Waals surface area contributed by atoms with Crippen molar-refractivity contribution in [3.63, 3.8) is 0 Å². The molecule has 1 heterocycles. The van der Waals surface area contributed by atoms with Crippen molar-refractivity contribution in [3.8, 4) is 5.75 Å². The molecule has 0 aliphatic rings. The fourth-order valence-corrected chi connectivity index (χ4v) is 1.70. The van der Waals surface area contributed by atoms with E-state index in [2.05, 4.69) is 20.0 Å². The first kappa shape index (κ1) is 13.5. The predicted molar refractivity (Wildman–Crippen MR) is 66.9 cm³/mol. The van der Waals surface area contributed by atoms with Crippen molar-refractivity contribution < 1.29 is 13.5 Å². The van der Waals surface area contributed by atoms with Gasteiger partial charge in [0.15, 0.2) is 0 Å². The highest BCUT2D eigenvalue weighted by Crippen LogP contribution is 2.19. The summed E-state index contributed by atoms with van der Waals surface area (Å²) >= 11 is 0. The van der Waals surface area contributed by atoms with Gasteiger partial charge in [-0.1, -0.05) is 12.1 Å². The molecule has 1 unspecified atom stereocenters. The zero-order chi connectivity index (χ0) is 13.7. The van der Waals surface area contributed by atoms with Gasteiger partial charge in [0.25, 0.3) is 0 Å². The van der Waals surface area contributed by atoms with Crippen molar-refractivity contribution in [1.29, 1.82) is 0 Å². The number of hydrogen-bond donors (Lipinski definition) is 2. The van der Waals surface area contributed by atoms with Crippen LogP contribution in [0.3, 0.4) is 0 Å². The average molecular weight is 267 g/mol. The third kappa shape index (κ3) is 4.03. The van der Waals surface area contributed by atoms with Crippen LogP contribution in [0.15, 0.2) is 36.8 Å². The normalized spacial score (nSPS) is 12.6. The lowest BCUT2D eigenvalue weighted by Crippen LogP contribution is -2.18. The van der Waals surface area contributed by atoms with Gasteiger partial charge in [0.1, 0.15) is 5.75 Å². The highest BCUT2D eigenvalue weighted by molar-refractivity contribution is 5.29. The maximum Gasteiger partial charge on any atom is 0.387 e. The number of nitrogens with zero attached hydrogens (tertiary/aromatic N) is 1. The predicted octanol–water partition coefficient (Wildman–Crippen LogP) is 2.86. The van der Waals surface area contributed by atoms with Gasteiger partial charge in [0.05, 0.1) is 6.33 Å². The molecule has 0 saturated heterocycles. The molecule has 0 aliphatic heterocycles. The van der Waals surface area contributed by atoms with Crippen LogP contribution in [-0.4, -0.2) is 16.6 Å². The van der Waals surface area contributed by atoms with Gasteiger partial charge in [-0.3, -0.25) is 0 Å². The van der Waals surface area contributed by atoms with Gasteiger partial charge in [-0.05, 0) is 24.6 Å². The zero-order valence-corrected chi connectivity index (χ0v) is 10.4. The van der Waals surface area contributed by atoms with Gasteiger partial charge < -0.3 is 15.0 Å². The Morgan fingerprint density at radius 1 is 1.32 bits per heavy atom. The number of halogens is 2. The Hall–Kier alpha value is -1.95. The lowest BCUT2D eigenvalue weighted by Gasteiger charge is -2.14. The maximum absolute atomic E-state index is 12.0. The van der Waals surface area contributed by atoms with E-state index in [1.54, 1.807) is 24.7 Å². The van der Waals surface area contributed by atoms with Crippen molar-refractivity contribution in [2.24, 2.45) is 0 Å². The molecule has 0 saturated carbocycles. The number of rotatable bonds is 6. The van der Waals surface area contributed by atoms with Gasteiger partial charge in [-0.25, -0.2) is 4.98 Å². The van der Waals surface area contributed by atoms with Crippen LogP contribution < -0.4 is 10.1 Å². The van der Waals surface area contributed by atoms with Gasteiger partial charge in [0, 0.05) is 24.5 Å². The van der Waals surface area contributed by atoms with Gasteiger partial charge in [0.2, 0.25) is 0 Å². The first-order valence-electron chi connectivity index (χ1n) is 5.90. The molecule has 2 N–H and O–H groups in total. The van der Waals surface area contributed by atoms with E-state index < -0.39 is 6.61 Å². The van der Waals surface area contributed by atoms with Gasteiger partial charge >= 0.3 is 6.61 Å². The number of hydrogen-bond acceptors (Lipinski definition) is 3. The van der Waals surface area contributed by atoms with E-state index in [0.29, 0.717) is 6.54 Å². The molecule has 2 rings (SSSR count). The molecule has 2 aromatic rings. The molecule has 4 nitrogen and oxygen atoms in total. The summed E-state index contributed by atoms with van der Waals surface area (Å²) in [6, 6.07) is 6.71. The highest BCUT2D eigenvalue weighted by atomic mass is 19.3. The van der Waals surface area contributed by atoms with E-state index in [9.17, 15) is 8.78 Å². The summed E-state index contributed by atoms with van der Waals surface area (Å²) in [5.41, 5.74) is 1.99. The number of aromatic nitrogens is 2. The number of imidazole rings is 1. The molecule has 19 heavy (non-hydrogen) atoms. The summed E-state index contributed by atoms with van der Waals surface area (Å²) in [5, 5.41) is 3.30. The molecular weight excluding hydrogens is 252 g/mol. The first-order chi connectivity index (χ1) is 9.15. The van der Waals surface area contributed by atoms with Crippen LogP contribution in [0, 0.1) is 0 Å². The molecule has 102 valence electrons. The second-order valence-corrected chi connectivity index (χ2v) is 4.13. The molecule has 0 radical (unpaired) electrons. The summed E-state index contributed by atoms with van der Waals surface area (Å²) < 4.78 is 28.3. The van der Waals surface area contributed by atoms with E-state index in [0.717, 1.165) is 11.3 Å². The lowest BCUT2D eigenvalue weighted by molar-refractivity contribution is -0.0498. The maximum atomic E-state index is 12.0. The molecule has 1 aromatic carbocycles. The lowest BCUT2D eigenvalue weighted by atomic mass is 10.1. The Morgan fingerprint density at radius 3 is 2.63 bits per heavy atom. The van der Waals surface area contributed by atoms with Crippen molar-refractivity contribution in [3.05, 3.63) is 48.0 Å². The van der Waals surface area contributed by atoms with Crippen LogP contribution in [0.5, 0.6) is 5.75 Å². The minimum atomic E-state index is -2.79. The first-order valence-corrected chi connectivity index (χ1v) is 5.90. The molecule has 0 aliphatic carbocycles. The van der Waals surface area contributed by atoms with Crippen molar-refractivity contribution in [1.82, 2.24) is 15.3 Å². The summed E-state index contributed by atoms with van der Waals surface area (Å²) in [4.78, 5) is 6.93. The van der Waals surface area contributed by atoms with Crippen molar-refractivity contribution in [2.45, 2.75) is 26.1 Å². The fraction of sp³-hybridized carbons (Fsp3) is 0.308. The average Bonchev–Trinajstić information content (AvgIpc) is 2.89. The number of ether oxygens (including phenoxy) is 1. The molecule has 0 fully saturated rings. The van der Waals surface area contributed by atoms with Crippen LogP contribution in [0.25, 0.3) is 0 Å². The van der Waals surface area contributed by atoms with E-state index in [4.69, 9.17) is 0 Å². The van der Waals surface area contributed by atoms with Crippen LogP contribution in [0.1, 0.15) is 24.2 Å². The SMILES string of the molecule is CC(NCc1cnc[nH]1)c1ccc(OC(F)F)cc1. The molecule has 1 atom stereocenters. The van der Waals surface area contributed by atoms with E-state index in [1.807, 2.05) is 6.92 Å². The topological polar surface area (TPSA) is 49.9 Å². The van der Waals surface area contributed by atoms with E-state index in [1.165, 1.54) is 12.1 Å². The second kappa shape index (κ2) is 6.29. The van der Waals surface area contributed by atoms with Gasteiger partial charge in [-0.2, -0.15) is 8.78 Å². The highest BCUT2D eigenvalue weighted by Gasteiger charge is 2.07. The van der Waals surface area contributed by atoms with Crippen LogP contribution in [0.2, 0.25) is 0 Å². The quantitative estimate of drug-likeness (QED) is 0.846. The third-order valence-corrected chi connectivity index (χ3v) is 2.76. The van der Waals surface area contributed by atoms with Crippen LogP contribution in [-0.2, 0) is 6.54 Å². The third-order valence-electron chi connectivity index (χ3n) is 2.76. The Balaban J connectivity index is 1.90. The summed E-state index contributed by atoms with van der Waals surface area (Å²) in [7, 11) is 0. The molecule has 0 spiro atoms. The molecule has 6 heteroatoms. The zero-order valence-electron chi connectivity index (χ0n) is 10.4. The minimum Gasteiger partial charge on any atom is -0.435 e. The monoisotopic (exact) mass is 267 g/mol. The number of H-pyrrole nitrogens is 1. The molecular formula is C13H15F2N3O. The largest absolute Gasteiger partial charge is 0.435 e. The number of nitrogens with one attached hydrogen (secondary N) is 2. The fourth-order valence-electron chi connectivity index (χ4n) is 1.70. The van der Waals surface area contributed by atoms with E-state index in [-0.39, 0.29) is 11.8 Å². The molecule has 1 aromatic heterocycles. The molecule has 0 amide bonds. The molecule has 0 bridgehead atoms. The standard InChI is InChI=1S/C13H15F2N3O/c1-9(17-7-11-6-16-8-18-11)10-2-4-12(5-3-10)19-13(14)15/h2-6,8-9,13,17H,7H2,1H3,(H,16,18). The Labute approximate surface area is 109 Å².